The van der Waals surface area contributed by atoms with Crippen molar-refractivity contribution in [2.45, 2.75) is 26.3 Å². The molecule has 2 rings (SSSR count). The van der Waals surface area contributed by atoms with Gasteiger partial charge >= 0.3 is 0 Å². The lowest BCUT2D eigenvalue weighted by atomic mass is 10.2. The van der Waals surface area contributed by atoms with Crippen molar-refractivity contribution in [2.24, 2.45) is 0 Å². The summed E-state index contributed by atoms with van der Waals surface area (Å²) in [5, 5.41) is 14.5. The van der Waals surface area contributed by atoms with Crippen LogP contribution in [0.3, 0.4) is 0 Å². The Kier molecular flexibility index (Phi) is 5.63. The van der Waals surface area contributed by atoms with Crippen molar-refractivity contribution in [1.29, 1.82) is 0 Å². The molecule has 0 aliphatic rings. The fraction of sp³-hybridized carbons (Fsp3) is 0.333. The number of carbonyl (C=O) groups is 1. The van der Waals surface area contributed by atoms with Gasteiger partial charge in [0.1, 0.15) is 0 Å². The molecule has 6 heteroatoms. The van der Waals surface area contributed by atoms with Gasteiger partial charge in [0.2, 0.25) is 5.91 Å². The number of nitrogens with zero attached hydrogens (tertiary/aromatic N) is 4. The monoisotopic (exact) mass is 285 g/mol. The smallest absolute Gasteiger partial charge is 0.220 e. The lowest BCUT2D eigenvalue weighted by Crippen LogP contribution is -2.27. The minimum absolute atomic E-state index is 0.0320. The third-order valence-corrected chi connectivity index (χ3v) is 2.83. The summed E-state index contributed by atoms with van der Waals surface area (Å²) in [5.74, 6) is 0.664. The number of tetrazole rings is 1. The molecule has 1 heterocycles. The molecule has 0 aliphatic heterocycles. The molecule has 110 valence electrons. The molecule has 6 nitrogen and oxygen atoms in total. The summed E-state index contributed by atoms with van der Waals surface area (Å²) in [6, 6.07) is 10.0. The third kappa shape index (κ3) is 5.56. The molecule has 2 aromatic rings. The maximum atomic E-state index is 11.6. The number of amides is 1. The van der Waals surface area contributed by atoms with Crippen molar-refractivity contribution >= 4 is 12.0 Å². The average molecular weight is 285 g/mol. The van der Waals surface area contributed by atoms with Gasteiger partial charge in [-0.1, -0.05) is 42.5 Å². The zero-order chi connectivity index (χ0) is 14.9. The Balaban J connectivity index is 1.60. The molecule has 0 radical (unpaired) electrons. The van der Waals surface area contributed by atoms with E-state index >= 15 is 0 Å². The summed E-state index contributed by atoms with van der Waals surface area (Å²) in [6.07, 6.45) is 5.24. The van der Waals surface area contributed by atoms with E-state index in [0.29, 0.717) is 25.3 Å². The van der Waals surface area contributed by atoms with Crippen molar-refractivity contribution in [3.8, 4) is 0 Å². The van der Waals surface area contributed by atoms with E-state index in [1.807, 2.05) is 42.5 Å². The molecule has 0 atom stereocenters. The van der Waals surface area contributed by atoms with Crippen LogP contribution in [0.1, 0.15) is 24.2 Å². The van der Waals surface area contributed by atoms with E-state index in [0.717, 1.165) is 12.0 Å². The van der Waals surface area contributed by atoms with E-state index in [1.165, 1.54) is 4.80 Å². The zero-order valence-electron chi connectivity index (χ0n) is 12.1. The molecule has 0 saturated heterocycles. The van der Waals surface area contributed by atoms with Crippen molar-refractivity contribution in [1.82, 2.24) is 25.5 Å². The van der Waals surface area contributed by atoms with Gasteiger partial charge in [0.25, 0.3) is 0 Å². The molecule has 0 aliphatic carbocycles. The molecule has 21 heavy (non-hydrogen) atoms. The fourth-order valence-electron chi connectivity index (χ4n) is 1.80. The number of aryl methyl sites for hydroxylation is 1. The highest BCUT2D eigenvalue weighted by Gasteiger charge is 2.00. The molecule has 0 spiro atoms. The van der Waals surface area contributed by atoms with Gasteiger partial charge in [-0.2, -0.15) is 4.80 Å². The van der Waals surface area contributed by atoms with Crippen LogP contribution in [0.4, 0.5) is 0 Å². The van der Waals surface area contributed by atoms with Gasteiger partial charge in [-0.15, -0.1) is 10.2 Å². The Morgan fingerprint density at radius 2 is 2.14 bits per heavy atom. The summed E-state index contributed by atoms with van der Waals surface area (Å²) in [6.45, 7) is 2.82. The topological polar surface area (TPSA) is 72.7 Å². The first-order valence-corrected chi connectivity index (χ1v) is 6.97. The second-order valence-electron chi connectivity index (χ2n) is 4.63. The summed E-state index contributed by atoms with van der Waals surface area (Å²) >= 11 is 0. The first-order chi connectivity index (χ1) is 10.2. The predicted molar refractivity (Wildman–Crippen MR) is 80.3 cm³/mol. The highest BCUT2D eigenvalue weighted by molar-refractivity contribution is 5.76. The average Bonchev–Trinajstić information content (AvgIpc) is 2.90. The first-order valence-electron chi connectivity index (χ1n) is 6.97. The largest absolute Gasteiger partial charge is 0.354 e. The van der Waals surface area contributed by atoms with Gasteiger partial charge in [0.05, 0.1) is 6.54 Å². The number of benzene rings is 1. The molecule has 0 unspecified atom stereocenters. The molecule has 1 aromatic heterocycles. The van der Waals surface area contributed by atoms with Gasteiger partial charge < -0.3 is 5.32 Å². The van der Waals surface area contributed by atoms with Crippen LogP contribution in [0, 0.1) is 6.92 Å². The SMILES string of the molecule is Cc1nnn(CCNC(=O)CCC=Cc2ccccc2)n1. The molecular formula is C15H19N5O. The number of nitrogens with one attached hydrogen (secondary N) is 1. The van der Waals surface area contributed by atoms with Crippen LogP contribution in [-0.4, -0.2) is 32.7 Å². The predicted octanol–water partition coefficient (Wildman–Crippen LogP) is 1.59. The quantitative estimate of drug-likeness (QED) is 0.838. The lowest BCUT2D eigenvalue weighted by Gasteiger charge is -2.02. The fourth-order valence-corrected chi connectivity index (χ4v) is 1.80. The Morgan fingerprint density at radius 1 is 1.33 bits per heavy atom. The van der Waals surface area contributed by atoms with Crippen LogP contribution in [0.15, 0.2) is 36.4 Å². The normalized spacial score (nSPS) is 10.9. The minimum Gasteiger partial charge on any atom is -0.354 e. The van der Waals surface area contributed by atoms with Gasteiger partial charge in [0, 0.05) is 13.0 Å². The van der Waals surface area contributed by atoms with Gasteiger partial charge in [-0.05, 0) is 24.1 Å². The summed E-state index contributed by atoms with van der Waals surface area (Å²) in [5.41, 5.74) is 1.14. The molecule has 1 N–H and O–H groups in total. The summed E-state index contributed by atoms with van der Waals surface area (Å²) < 4.78 is 0. The Labute approximate surface area is 123 Å². The minimum atomic E-state index is 0.0320. The number of rotatable bonds is 7. The number of allylic oxidation sites excluding steroid dienone is 1. The van der Waals surface area contributed by atoms with Crippen LogP contribution in [0.2, 0.25) is 0 Å². The molecule has 1 aromatic carbocycles. The van der Waals surface area contributed by atoms with E-state index in [1.54, 1.807) is 6.92 Å². The van der Waals surface area contributed by atoms with Crippen LogP contribution < -0.4 is 5.32 Å². The van der Waals surface area contributed by atoms with Gasteiger partial charge in [-0.3, -0.25) is 4.79 Å². The number of hydrogen-bond acceptors (Lipinski definition) is 4. The van der Waals surface area contributed by atoms with Crippen molar-refractivity contribution < 1.29 is 4.79 Å². The maximum absolute atomic E-state index is 11.6. The number of aromatic nitrogens is 4. The highest BCUT2D eigenvalue weighted by atomic mass is 16.1. The number of carbonyl (C=O) groups excluding carboxylic acids is 1. The van der Waals surface area contributed by atoms with Crippen molar-refractivity contribution in [3.63, 3.8) is 0 Å². The maximum Gasteiger partial charge on any atom is 0.220 e. The summed E-state index contributed by atoms with van der Waals surface area (Å²) in [7, 11) is 0. The van der Waals surface area contributed by atoms with Gasteiger partial charge in [0.15, 0.2) is 5.82 Å². The Morgan fingerprint density at radius 3 is 2.86 bits per heavy atom. The molecule has 0 saturated carbocycles. The molecule has 1 amide bonds. The highest BCUT2D eigenvalue weighted by Crippen LogP contribution is 2.02. The Bertz CT molecular complexity index is 591. The second-order valence-corrected chi connectivity index (χ2v) is 4.63. The van der Waals surface area contributed by atoms with Crippen LogP contribution in [0.25, 0.3) is 6.08 Å². The zero-order valence-corrected chi connectivity index (χ0v) is 12.1. The number of hydrogen-bond donors (Lipinski definition) is 1. The lowest BCUT2D eigenvalue weighted by molar-refractivity contribution is -0.121. The van der Waals surface area contributed by atoms with Crippen LogP contribution >= 0.6 is 0 Å². The van der Waals surface area contributed by atoms with E-state index in [2.05, 4.69) is 20.7 Å². The summed E-state index contributed by atoms with van der Waals surface area (Å²) in [4.78, 5) is 13.1. The van der Waals surface area contributed by atoms with Crippen LogP contribution in [-0.2, 0) is 11.3 Å². The van der Waals surface area contributed by atoms with Crippen molar-refractivity contribution in [3.05, 3.63) is 47.8 Å². The third-order valence-electron chi connectivity index (χ3n) is 2.83. The van der Waals surface area contributed by atoms with E-state index in [4.69, 9.17) is 0 Å². The standard InChI is InChI=1S/C15H19N5O/c1-13-17-19-20(18-13)12-11-16-15(21)10-6-5-9-14-7-3-2-4-8-14/h2-5,7-9H,6,10-12H2,1H3,(H,16,21). The molecular weight excluding hydrogens is 266 g/mol. The van der Waals surface area contributed by atoms with E-state index in [-0.39, 0.29) is 5.91 Å². The van der Waals surface area contributed by atoms with E-state index < -0.39 is 0 Å². The van der Waals surface area contributed by atoms with E-state index in [9.17, 15) is 4.79 Å². The molecule has 0 fully saturated rings. The molecule has 0 bridgehead atoms. The Hall–Kier alpha value is -2.50. The second kappa shape index (κ2) is 7.94. The van der Waals surface area contributed by atoms with Crippen molar-refractivity contribution in [2.75, 3.05) is 6.54 Å². The first kappa shape index (κ1) is 14.9. The van der Waals surface area contributed by atoms with Crippen LogP contribution in [0.5, 0.6) is 0 Å². The van der Waals surface area contributed by atoms with Gasteiger partial charge in [-0.25, -0.2) is 0 Å².